The van der Waals surface area contributed by atoms with Crippen molar-refractivity contribution in [3.05, 3.63) is 23.8 Å². The van der Waals surface area contributed by atoms with Crippen LogP contribution < -0.4 is 11.1 Å². The third-order valence-corrected chi connectivity index (χ3v) is 4.75. The first-order valence-corrected chi connectivity index (χ1v) is 7.80. The second-order valence-electron chi connectivity index (χ2n) is 5.03. The Labute approximate surface area is 121 Å². The normalized spacial score (nSPS) is 23.0. The zero-order chi connectivity index (χ0) is 14.8. The second kappa shape index (κ2) is 6.16. The molecule has 0 bridgehead atoms. The fourth-order valence-electron chi connectivity index (χ4n) is 2.59. The van der Waals surface area contributed by atoms with Gasteiger partial charge >= 0.3 is 6.18 Å². The van der Waals surface area contributed by atoms with Crippen LogP contribution in [0.3, 0.4) is 0 Å². The molecule has 0 aromatic heterocycles. The van der Waals surface area contributed by atoms with E-state index in [4.69, 9.17) is 5.73 Å². The molecule has 2 unspecified atom stereocenters. The number of halogens is 3. The molecule has 1 saturated carbocycles. The Morgan fingerprint density at radius 3 is 2.75 bits per heavy atom. The van der Waals surface area contributed by atoms with E-state index in [1.54, 1.807) is 6.07 Å². The van der Waals surface area contributed by atoms with Crippen molar-refractivity contribution in [2.45, 2.75) is 43.7 Å². The molecule has 0 saturated heterocycles. The van der Waals surface area contributed by atoms with Gasteiger partial charge in [-0.1, -0.05) is 6.92 Å². The molecule has 20 heavy (non-hydrogen) atoms. The highest BCUT2D eigenvalue weighted by Gasteiger charge is 2.33. The van der Waals surface area contributed by atoms with Crippen LogP contribution in [0.15, 0.2) is 18.2 Å². The summed E-state index contributed by atoms with van der Waals surface area (Å²) in [5.41, 5.74) is 4.90. The lowest BCUT2D eigenvalue weighted by atomic mass is 10.1. The molecule has 2 nitrogen and oxygen atoms in total. The molecule has 2 atom stereocenters. The van der Waals surface area contributed by atoms with Crippen molar-refractivity contribution >= 4 is 23.1 Å². The van der Waals surface area contributed by atoms with Gasteiger partial charge in [0, 0.05) is 22.7 Å². The summed E-state index contributed by atoms with van der Waals surface area (Å²) < 4.78 is 38.4. The number of nitrogens with two attached hydrogens (primary N) is 1. The van der Waals surface area contributed by atoms with Gasteiger partial charge in [-0.2, -0.15) is 24.9 Å². The standard InChI is InChI=1S/C14H19F3N2S/c1-2-20-11-5-3-9(7-11)19-10-4-6-13(18)12(8-10)14(15,16)17/h4,6,8-9,11,19H,2-3,5,7,18H2,1H3. The summed E-state index contributed by atoms with van der Waals surface area (Å²) in [5.74, 6) is 1.08. The van der Waals surface area contributed by atoms with Crippen LogP contribution in [0.25, 0.3) is 0 Å². The molecule has 3 N–H and O–H groups in total. The van der Waals surface area contributed by atoms with Crippen LogP contribution in [0.5, 0.6) is 0 Å². The summed E-state index contributed by atoms with van der Waals surface area (Å²) in [6, 6.07) is 4.29. The number of nitrogen functional groups attached to an aromatic ring is 1. The second-order valence-corrected chi connectivity index (χ2v) is 6.61. The van der Waals surface area contributed by atoms with E-state index in [9.17, 15) is 13.2 Å². The predicted molar refractivity (Wildman–Crippen MR) is 79.0 cm³/mol. The van der Waals surface area contributed by atoms with Gasteiger partial charge in [-0.05, 0) is 43.2 Å². The summed E-state index contributed by atoms with van der Waals surface area (Å²) in [4.78, 5) is 0. The summed E-state index contributed by atoms with van der Waals surface area (Å²) in [6.45, 7) is 2.13. The van der Waals surface area contributed by atoms with Gasteiger partial charge < -0.3 is 11.1 Å². The molecule has 1 fully saturated rings. The smallest absolute Gasteiger partial charge is 0.398 e. The third-order valence-electron chi connectivity index (χ3n) is 3.52. The van der Waals surface area contributed by atoms with E-state index in [0.717, 1.165) is 31.1 Å². The number of alkyl halides is 3. The Kier molecular flexibility index (Phi) is 4.73. The number of thioether (sulfide) groups is 1. The zero-order valence-electron chi connectivity index (χ0n) is 11.3. The van der Waals surface area contributed by atoms with E-state index >= 15 is 0 Å². The monoisotopic (exact) mass is 304 g/mol. The Balaban J connectivity index is 2.04. The van der Waals surface area contributed by atoms with Gasteiger partial charge in [0.05, 0.1) is 5.56 Å². The lowest BCUT2D eigenvalue weighted by Crippen LogP contribution is -2.17. The van der Waals surface area contributed by atoms with Crippen LogP contribution in [-0.2, 0) is 6.18 Å². The van der Waals surface area contributed by atoms with Gasteiger partial charge in [0.25, 0.3) is 0 Å². The number of rotatable bonds is 4. The van der Waals surface area contributed by atoms with Crippen molar-refractivity contribution in [3.8, 4) is 0 Å². The van der Waals surface area contributed by atoms with Gasteiger partial charge in [-0.15, -0.1) is 0 Å². The van der Waals surface area contributed by atoms with Gasteiger partial charge in [-0.3, -0.25) is 0 Å². The van der Waals surface area contributed by atoms with Crippen molar-refractivity contribution in [2.75, 3.05) is 16.8 Å². The van der Waals surface area contributed by atoms with Crippen LogP contribution >= 0.6 is 11.8 Å². The Bertz CT molecular complexity index is 462. The van der Waals surface area contributed by atoms with Gasteiger partial charge in [-0.25, -0.2) is 0 Å². The largest absolute Gasteiger partial charge is 0.418 e. The van der Waals surface area contributed by atoms with E-state index in [1.807, 2.05) is 11.8 Å². The maximum Gasteiger partial charge on any atom is 0.418 e. The van der Waals surface area contributed by atoms with Crippen LogP contribution in [-0.4, -0.2) is 17.0 Å². The fourth-order valence-corrected chi connectivity index (χ4v) is 3.73. The zero-order valence-corrected chi connectivity index (χ0v) is 12.2. The first kappa shape index (κ1) is 15.4. The fraction of sp³-hybridized carbons (Fsp3) is 0.571. The molecule has 1 aliphatic rings. The summed E-state index contributed by atoms with van der Waals surface area (Å²) >= 11 is 1.92. The van der Waals surface area contributed by atoms with Crippen LogP contribution in [0.1, 0.15) is 31.7 Å². The Morgan fingerprint density at radius 1 is 1.35 bits per heavy atom. The van der Waals surface area contributed by atoms with Crippen LogP contribution in [0.4, 0.5) is 24.5 Å². The number of hydrogen-bond donors (Lipinski definition) is 2. The van der Waals surface area contributed by atoms with Crippen LogP contribution in [0, 0.1) is 0 Å². The molecule has 0 radical (unpaired) electrons. The molecule has 2 rings (SSSR count). The average Bonchev–Trinajstić information content (AvgIpc) is 2.78. The van der Waals surface area contributed by atoms with Gasteiger partial charge in [0.2, 0.25) is 0 Å². The van der Waals surface area contributed by atoms with Crippen molar-refractivity contribution < 1.29 is 13.2 Å². The first-order valence-electron chi connectivity index (χ1n) is 6.75. The highest BCUT2D eigenvalue weighted by atomic mass is 32.2. The lowest BCUT2D eigenvalue weighted by Gasteiger charge is -2.17. The van der Waals surface area contributed by atoms with E-state index in [2.05, 4.69) is 12.2 Å². The lowest BCUT2D eigenvalue weighted by molar-refractivity contribution is -0.136. The molecule has 1 aliphatic carbocycles. The molecule has 112 valence electrons. The molecule has 6 heteroatoms. The van der Waals surface area contributed by atoms with E-state index < -0.39 is 11.7 Å². The minimum absolute atomic E-state index is 0.228. The van der Waals surface area contributed by atoms with Crippen LogP contribution in [0.2, 0.25) is 0 Å². The molecule has 0 heterocycles. The minimum atomic E-state index is -4.40. The Hall–Kier alpha value is -1.04. The summed E-state index contributed by atoms with van der Waals surface area (Å²) in [5, 5.41) is 3.82. The number of benzene rings is 1. The van der Waals surface area contributed by atoms with Crippen molar-refractivity contribution in [2.24, 2.45) is 0 Å². The van der Waals surface area contributed by atoms with E-state index in [0.29, 0.717) is 10.9 Å². The maximum absolute atomic E-state index is 12.8. The van der Waals surface area contributed by atoms with Crippen molar-refractivity contribution in [3.63, 3.8) is 0 Å². The Morgan fingerprint density at radius 2 is 2.10 bits per heavy atom. The van der Waals surface area contributed by atoms with Crippen molar-refractivity contribution in [1.82, 2.24) is 0 Å². The topological polar surface area (TPSA) is 38.0 Å². The highest BCUT2D eigenvalue weighted by molar-refractivity contribution is 7.99. The molecule has 0 spiro atoms. The molecule has 1 aromatic carbocycles. The molecule has 1 aromatic rings. The van der Waals surface area contributed by atoms with Crippen molar-refractivity contribution in [1.29, 1.82) is 0 Å². The predicted octanol–water partition coefficient (Wildman–Crippen LogP) is 4.37. The van der Waals surface area contributed by atoms with E-state index in [-0.39, 0.29) is 11.7 Å². The summed E-state index contributed by atoms with van der Waals surface area (Å²) in [7, 11) is 0. The molecular weight excluding hydrogens is 285 g/mol. The highest BCUT2D eigenvalue weighted by Crippen LogP contribution is 2.36. The summed E-state index contributed by atoms with van der Waals surface area (Å²) in [6.07, 6.45) is -1.27. The average molecular weight is 304 g/mol. The number of hydrogen-bond acceptors (Lipinski definition) is 3. The maximum atomic E-state index is 12.8. The van der Waals surface area contributed by atoms with Gasteiger partial charge in [0.15, 0.2) is 0 Å². The van der Waals surface area contributed by atoms with Gasteiger partial charge in [0.1, 0.15) is 0 Å². The number of nitrogens with one attached hydrogen (secondary N) is 1. The molecule has 0 amide bonds. The minimum Gasteiger partial charge on any atom is -0.398 e. The quantitative estimate of drug-likeness (QED) is 0.811. The third kappa shape index (κ3) is 3.75. The van der Waals surface area contributed by atoms with E-state index in [1.165, 1.54) is 6.07 Å². The molecule has 0 aliphatic heterocycles. The first-order chi connectivity index (χ1) is 9.40. The molecular formula is C14H19F3N2S. The SMILES string of the molecule is CCSC1CCC(Nc2ccc(N)c(C(F)(F)F)c2)C1. The number of anilines is 2.